The summed E-state index contributed by atoms with van der Waals surface area (Å²) in [6, 6.07) is 4.64. The van der Waals surface area contributed by atoms with Gasteiger partial charge in [0.1, 0.15) is 6.54 Å². The first-order valence-electron chi connectivity index (χ1n) is 6.85. The molecule has 0 bridgehead atoms. The fraction of sp³-hybridized carbons (Fsp3) is 0.133. The van der Waals surface area contributed by atoms with E-state index in [0.29, 0.717) is 11.4 Å². The van der Waals surface area contributed by atoms with Gasteiger partial charge in [-0.15, -0.1) is 0 Å². The molecule has 0 aliphatic carbocycles. The van der Waals surface area contributed by atoms with Crippen molar-refractivity contribution in [3.05, 3.63) is 65.4 Å². The minimum atomic E-state index is -0.338. The second-order valence-corrected chi connectivity index (χ2v) is 4.66. The molecule has 0 aliphatic rings. The molecule has 8 heteroatoms. The van der Waals surface area contributed by atoms with Crippen molar-refractivity contribution in [2.75, 3.05) is 0 Å². The highest BCUT2D eigenvalue weighted by molar-refractivity contribution is 5.75. The molecule has 0 unspecified atom stereocenters. The van der Waals surface area contributed by atoms with E-state index in [9.17, 15) is 9.59 Å². The van der Waals surface area contributed by atoms with Crippen molar-refractivity contribution in [2.24, 2.45) is 0 Å². The number of carbonyl (C=O) groups is 1. The third kappa shape index (κ3) is 3.49. The first kappa shape index (κ1) is 14.6. The van der Waals surface area contributed by atoms with Crippen molar-refractivity contribution < 1.29 is 9.21 Å². The Morgan fingerprint density at radius 3 is 2.87 bits per heavy atom. The van der Waals surface area contributed by atoms with Gasteiger partial charge in [0.15, 0.2) is 0 Å². The molecule has 3 aromatic heterocycles. The second kappa shape index (κ2) is 6.65. The van der Waals surface area contributed by atoms with E-state index in [2.05, 4.69) is 20.4 Å². The Morgan fingerprint density at radius 2 is 2.09 bits per heavy atom. The number of amides is 1. The van der Waals surface area contributed by atoms with Gasteiger partial charge in [-0.3, -0.25) is 19.6 Å². The molecule has 0 aliphatic heterocycles. The van der Waals surface area contributed by atoms with Crippen LogP contribution in [0.2, 0.25) is 0 Å². The van der Waals surface area contributed by atoms with Crippen molar-refractivity contribution in [3.63, 3.8) is 0 Å². The van der Waals surface area contributed by atoms with Crippen LogP contribution in [0.15, 0.2) is 58.5 Å². The van der Waals surface area contributed by atoms with Crippen LogP contribution in [0, 0.1) is 0 Å². The normalized spacial score (nSPS) is 10.4. The summed E-state index contributed by atoms with van der Waals surface area (Å²) in [7, 11) is 0. The molecule has 3 aromatic rings. The fourth-order valence-electron chi connectivity index (χ4n) is 2.02. The molecule has 8 nitrogen and oxygen atoms in total. The summed E-state index contributed by atoms with van der Waals surface area (Å²) in [5, 5.41) is 6.54. The Balaban J connectivity index is 1.68. The highest BCUT2D eigenvalue weighted by Gasteiger charge is 2.11. The van der Waals surface area contributed by atoms with E-state index < -0.39 is 0 Å². The first-order chi connectivity index (χ1) is 11.2. The lowest BCUT2D eigenvalue weighted by molar-refractivity contribution is -0.122. The summed E-state index contributed by atoms with van der Waals surface area (Å²) in [6.45, 7) is 0.0375. The maximum atomic E-state index is 12.0. The lowest BCUT2D eigenvalue weighted by Gasteiger charge is -2.08. The Labute approximate surface area is 130 Å². The molecule has 0 fully saturated rings. The van der Waals surface area contributed by atoms with Crippen molar-refractivity contribution in [1.29, 1.82) is 0 Å². The third-order valence-corrected chi connectivity index (χ3v) is 3.10. The molecule has 0 spiro atoms. The van der Waals surface area contributed by atoms with Crippen molar-refractivity contribution >= 4 is 5.91 Å². The van der Waals surface area contributed by atoms with Crippen LogP contribution in [-0.2, 0) is 17.9 Å². The highest BCUT2D eigenvalue weighted by Crippen LogP contribution is 2.19. The molecule has 3 heterocycles. The molecule has 0 aromatic carbocycles. The summed E-state index contributed by atoms with van der Waals surface area (Å²) in [5.41, 5.74) is 1.69. The Morgan fingerprint density at radius 1 is 1.22 bits per heavy atom. The summed E-state index contributed by atoms with van der Waals surface area (Å²) < 4.78 is 6.13. The number of furan rings is 1. The molecule has 116 valence electrons. The minimum Gasteiger partial charge on any atom is -0.472 e. The van der Waals surface area contributed by atoms with Crippen LogP contribution in [-0.4, -0.2) is 25.7 Å². The number of nitrogens with one attached hydrogen (secondary N) is 1. The predicted molar refractivity (Wildman–Crippen MR) is 80.1 cm³/mol. The summed E-state index contributed by atoms with van der Waals surface area (Å²) >= 11 is 0. The van der Waals surface area contributed by atoms with Crippen LogP contribution >= 0.6 is 0 Å². The standard InChI is InChI=1S/C15H13N5O3/c21-13(9-20-14(22)2-1-4-19-20)18-8-12-15(17-6-5-16-12)11-3-7-23-10-11/h1-7,10H,8-9H2,(H,18,21). The number of hydrogen-bond donors (Lipinski definition) is 1. The van der Waals surface area contributed by atoms with E-state index in [1.165, 1.54) is 18.3 Å². The molecule has 23 heavy (non-hydrogen) atoms. The van der Waals surface area contributed by atoms with Crippen LogP contribution in [0.1, 0.15) is 5.69 Å². The van der Waals surface area contributed by atoms with Gasteiger partial charge in [-0.25, -0.2) is 4.68 Å². The fourth-order valence-corrected chi connectivity index (χ4v) is 2.02. The van der Waals surface area contributed by atoms with E-state index in [0.717, 1.165) is 10.2 Å². The molecular weight excluding hydrogens is 298 g/mol. The number of aromatic nitrogens is 4. The molecule has 0 radical (unpaired) electrons. The second-order valence-electron chi connectivity index (χ2n) is 4.66. The van der Waals surface area contributed by atoms with Gasteiger partial charge < -0.3 is 9.73 Å². The first-order valence-corrected chi connectivity index (χ1v) is 6.85. The zero-order valence-corrected chi connectivity index (χ0v) is 12.0. The van der Waals surface area contributed by atoms with Gasteiger partial charge in [0.2, 0.25) is 5.91 Å². The van der Waals surface area contributed by atoms with Crippen LogP contribution in [0.4, 0.5) is 0 Å². The van der Waals surface area contributed by atoms with E-state index in [1.807, 2.05) is 0 Å². The van der Waals surface area contributed by atoms with Gasteiger partial charge in [0.05, 0.1) is 30.5 Å². The summed E-state index contributed by atoms with van der Waals surface area (Å²) in [4.78, 5) is 32.0. The van der Waals surface area contributed by atoms with Gasteiger partial charge in [0.25, 0.3) is 5.56 Å². The lowest BCUT2D eigenvalue weighted by atomic mass is 10.2. The monoisotopic (exact) mass is 311 g/mol. The quantitative estimate of drug-likeness (QED) is 0.740. The summed E-state index contributed by atoms with van der Waals surface area (Å²) in [5.74, 6) is -0.338. The molecule has 3 rings (SSSR count). The minimum absolute atomic E-state index is 0.152. The number of carbonyl (C=O) groups excluding carboxylic acids is 1. The van der Waals surface area contributed by atoms with Gasteiger partial charge in [0, 0.05) is 30.2 Å². The van der Waals surface area contributed by atoms with Crippen molar-refractivity contribution in [3.8, 4) is 11.3 Å². The van der Waals surface area contributed by atoms with Crippen molar-refractivity contribution in [1.82, 2.24) is 25.1 Å². The maximum absolute atomic E-state index is 12.0. The Bertz CT molecular complexity index is 857. The van der Waals surface area contributed by atoms with E-state index in [-0.39, 0.29) is 24.6 Å². The van der Waals surface area contributed by atoms with Crippen LogP contribution < -0.4 is 10.9 Å². The number of rotatable bonds is 5. The largest absolute Gasteiger partial charge is 0.472 e. The molecule has 0 saturated heterocycles. The van der Waals surface area contributed by atoms with E-state index in [4.69, 9.17) is 4.42 Å². The van der Waals surface area contributed by atoms with E-state index in [1.54, 1.807) is 31.0 Å². The zero-order valence-electron chi connectivity index (χ0n) is 12.0. The van der Waals surface area contributed by atoms with E-state index >= 15 is 0 Å². The van der Waals surface area contributed by atoms with Gasteiger partial charge in [-0.05, 0) is 12.1 Å². The molecule has 0 saturated carbocycles. The third-order valence-electron chi connectivity index (χ3n) is 3.10. The average Bonchev–Trinajstić information content (AvgIpc) is 3.10. The lowest BCUT2D eigenvalue weighted by Crippen LogP contribution is -2.33. The molecule has 0 atom stereocenters. The van der Waals surface area contributed by atoms with Gasteiger partial charge in [-0.1, -0.05) is 0 Å². The predicted octanol–water partition coefficient (Wildman–Crippen LogP) is 0.610. The molecule has 1 N–H and O–H groups in total. The van der Waals surface area contributed by atoms with Gasteiger partial charge >= 0.3 is 0 Å². The Kier molecular flexibility index (Phi) is 4.23. The van der Waals surface area contributed by atoms with Crippen LogP contribution in [0.3, 0.4) is 0 Å². The molecule has 1 amide bonds. The SMILES string of the molecule is O=C(Cn1ncccc1=O)NCc1nccnc1-c1ccoc1. The topological polar surface area (TPSA) is 103 Å². The average molecular weight is 311 g/mol. The maximum Gasteiger partial charge on any atom is 0.267 e. The van der Waals surface area contributed by atoms with Crippen LogP contribution in [0.25, 0.3) is 11.3 Å². The highest BCUT2D eigenvalue weighted by atomic mass is 16.3. The molecular formula is C15H13N5O3. The number of hydrogen-bond acceptors (Lipinski definition) is 6. The summed E-state index contributed by atoms with van der Waals surface area (Å²) in [6.07, 6.45) is 7.67. The van der Waals surface area contributed by atoms with Gasteiger partial charge in [-0.2, -0.15) is 5.10 Å². The zero-order chi connectivity index (χ0) is 16.1. The Hall–Kier alpha value is -3.29. The smallest absolute Gasteiger partial charge is 0.267 e. The number of nitrogens with zero attached hydrogens (tertiary/aromatic N) is 4. The van der Waals surface area contributed by atoms with Crippen molar-refractivity contribution in [2.45, 2.75) is 13.1 Å². The van der Waals surface area contributed by atoms with Crippen LogP contribution in [0.5, 0.6) is 0 Å².